The molecular formula is C18H20NO5P. The number of unbranched alkanes of at least 4 members (excludes halogenated alkanes) is 2. The zero-order chi connectivity index (χ0) is 18.1. The van der Waals surface area contributed by atoms with Crippen molar-refractivity contribution >= 4 is 7.82 Å². The van der Waals surface area contributed by atoms with E-state index in [0.29, 0.717) is 18.6 Å². The zero-order valence-corrected chi connectivity index (χ0v) is 14.6. The molecule has 0 amide bonds. The van der Waals surface area contributed by atoms with Crippen molar-refractivity contribution in [3.63, 3.8) is 0 Å². The highest BCUT2D eigenvalue weighted by atomic mass is 31.2. The summed E-state index contributed by atoms with van der Waals surface area (Å²) in [7, 11) is -4.35. The van der Waals surface area contributed by atoms with Gasteiger partial charge in [0.1, 0.15) is 5.75 Å². The molecule has 0 bridgehead atoms. The number of nitriles is 1. The summed E-state index contributed by atoms with van der Waals surface area (Å²) >= 11 is 0. The molecule has 0 heterocycles. The Balaban J connectivity index is 1.71. The second kappa shape index (κ2) is 9.36. The van der Waals surface area contributed by atoms with Crippen molar-refractivity contribution in [3.05, 3.63) is 54.1 Å². The van der Waals surface area contributed by atoms with Crippen LogP contribution >= 0.6 is 7.82 Å². The van der Waals surface area contributed by atoms with E-state index in [1.807, 2.05) is 36.4 Å². The van der Waals surface area contributed by atoms with Gasteiger partial charge < -0.3 is 14.5 Å². The van der Waals surface area contributed by atoms with Gasteiger partial charge in [0.05, 0.1) is 24.8 Å². The SMILES string of the molecule is N#Cc1ccc(-c2ccc(OCCCCCOP(=O)(O)O)cc2)cc1. The molecule has 6 nitrogen and oxygen atoms in total. The van der Waals surface area contributed by atoms with Crippen LogP contribution in [0.3, 0.4) is 0 Å². The summed E-state index contributed by atoms with van der Waals surface area (Å²) in [6, 6.07) is 17.2. The van der Waals surface area contributed by atoms with Crippen molar-refractivity contribution in [2.75, 3.05) is 13.2 Å². The van der Waals surface area contributed by atoms with Gasteiger partial charge in [-0.1, -0.05) is 24.3 Å². The summed E-state index contributed by atoms with van der Waals surface area (Å²) < 4.78 is 20.5. The van der Waals surface area contributed by atoms with Crippen LogP contribution < -0.4 is 4.74 Å². The maximum Gasteiger partial charge on any atom is 0.469 e. The molecule has 2 aromatic rings. The highest BCUT2D eigenvalue weighted by Crippen LogP contribution is 2.35. The first-order valence-electron chi connectivity index (χ1n) is 7.91. The first kappa shape index (κ1) is 19.2. The van der Waals surface area contributed by atoms with Gasteiger partial charge in [-0.25, -0.2) is 4.57 Å². The Morgan fingerprint density at radius 1 is 0.880 bits per heavy atom. The van der Waals surface area contributed by atoms with Gasteiger partial charge in [0.15, 0.2) is 0 Å². The average molecular weight is 361 g/mol. The largest absolute Gasteiger partial charge is 0.494 e. The third kappa shape index (κ3) is 7.08. The number of hydrogen-bond donors (Lipinski definition) is 2. The standard InChI is InChI=1S/C18H20NO5P/c19-14-15-4-6-16(7-5-15)17-8-10-18(11-9-17)23-12-2-1-3-13-24-25(20,21)22/h4-11H,1-3,12-13H2,(H2,20,21,22). The summed E-state index contributed by atoms with van der Waals surface area (Å²) in [5, 5.41) is 8.81. The molecular weight excluding hydrogens is 341 g/mol. The molecule has 0 aliphatic carbocycles. The lowest BCUT2D eigenvalue weighted by atomic mass is 10.0. The predicted octanol–water partition coefficient (Wildman–Crippen LogP) is 3.88. The average Bonchev–Trinajstić information content (AvgIpc) is 2.60. The molecule has 0 aromatic heterocycles. The molecule has 25 heavy (non-hydrogen) atoms. The number of phosphoric ester groups is 1. The van der Waals surface area contributed by atoms with E-state index in [4.69, 9.17) is 19.8 Å². The Labute approximate surface area is 146 Å². The number of hydrogen-bond acceptors (Lipinski definition) is 4. The molecule has 0 aliphatic heterocycles. The van der Waals surface area contributed by atoms with Crippen molar-refractivity contribution in [1.29, 1.82) is 5.26 Å². The third-order valence-corrected chi connectivity index (χ3v) is 4.04. The van der Waals surface area contributed by atoms with E-state index in [2.05, 4.69) is 10.6 Å². The Bertz CT molecular complexity index is 747. The van der Waals surface area contributed by atoms with Gasteiger partial charge >= 0.3 is 7.82 Å². The van der Waals surface area contributed by atoms with E-state index in [1.54, 1.807) is 12.1 Å². The summed E-state index contributed by atoms with van der Waals surface area (Å²) in [5.41, 5.74) is 2.72. The van der Waals surface area contributed by atoms with Crippen molar-refractivity contribution in [1.82, 2.24) is 0 Å². The van der Waals surface area contributed by atoms with E-state index in [1.165, 1.54) is 0 Å². The lowest BCUT2D eigenvalue weighted by Crippen LogP contribution is -1.99. The number of phosphoric acid groups is 1. The Hall–Kier alpha value is -2.16. The maximum atomic E-state index is 10.5. The molecule has 132 valence electrons. The topological polar surface area (TPSA) is 99.8 Å². The molecule has 0 spiro atoms. The third-order valence-electron chi connectivity index (χ3n) is 3.52. The van der Waals surface area contributed by atoms with Crippen molar-refractivity contribution in [2.45, 2.75) is 19.3 Å². The summed E-state index contributed by atoms with van der Waals surface area (Å²) in [4.78, 5) is 17.1. The lowest BCUT2D eigenvalue weighted by molar-refractivity contribution is 0.191. The second-order valence-corrected chi connectivity index (χ2v) is 6.69. The number of rotatable bonds is 9. The molecule has 2 rings (SSSR count). The quantitative estimate of drug-likeness (QED) is 0.519. The van der Waals surface area contributed by atoms with Crippen LogP contribution in [0.5, 0.6) is 5.75 Å². The van der Waals surface area contributed by atoms with Crippen LogP contribution in [-0.4, -0.2) is 23.0 Å². The minimum atomic E-state index is -4.35. The van der Waals surface area contributed by atoms with Crippen molar-refractivity contribution in [2.24, 2.45) is 0 Å². The van der Waals surface area contributed by atoms with Gasteiger partial charge in [-0.3, -0.25) is 4.52 Å². The minimum Gasteiger partial charge on any atom is -0.494 e. The van der Waals surface area contributed by atoms with Crippen LogP contribution in [0.4, 0.5) is 0 Å². The summed E-state index contributed by atoms with van der Waals surface area (Å²) in [6.07, 6.45) is 2.12. The zero-order valence-electron chi connectivity index (χ0n) is 13.7. The predicted molar refractivity (Wildman–Crippen MR) is 93.9 cm³/mol. The molecule has 0 fully saturated rings. The van der Waals surface area contributed by atoms with E-state index < -0.39 is 7.82 Å². The fraction of sp³-hybridized carbons (Fsp3) is 0.278. The van der Waals surface area contributed by atoms with Gasteiger partial charge in [-0.05, 0) is 54.7 Å². The molecule has 0 unspecified atom stereocenters. The first-order chi connectivity index (χ1) is 12.0. The summed E-state index contributed by atoms with van der Waals surface area (Å²) in [6.45, 7) is 0.579. The van der Waals surface area contributed by atoms with Crippen LogP contribution in [0.2, 0.25) is 0 Å². The fourth-order valence-electron chi connectivity index (χ4n) is 2.24. The molecule has 2 aromatic carbocycles. The van der Waals surface area contributed by atoms with Crippen molar-refractivity contribution < 1.29 is 23.6 Å². The van der Waals surface area contributed by atoms with Crippen LogP contribution in [0.15, 0.2) is 48.5 Å². The normalized spacial score (nSPS) is 11.1. The van der Waals surface area contributed by atoms with Gasteiger partial charge in [-0.2, -0.15) is 5.26 Å². The van der Waals surface area contributed by atoms with Gasteiger partial charge in [0, 0.05) is 0 Å². The summed E-state index contributed by atoms with van der Waals surface area (Å²) in [5.74, 6) is 0.767. The highest BCUT2D eigenvalue weighted by Gasteiger charge is 2.12. The molecule has 0 atom stereocenters. The molecule has 0 saturated heterocycles. The molecule has 0 saturated carbocycles. The minimum absolute atomic E-state index is 0.0452. The monoisotopic (exact) mass is 361 g/mol. The number of ether oxygens (including phenoxy) is 1. The van der Waals surface area contributed by atoms with Crippen molar-refractivity contribution in [3.8, 4) is 22.9 Å². The van der Waals surface area contributed by atoms with Crippen LogP contribution in [0.1, 0.15) is 24.8 Å². The Morgan fingerprint density at radius 3 is 2.00 bits per heavy atom. The Morgan fingerprint density at radius 2 is 1.44 bits per heavy atom. The lowest BCUT2D eigenvalue weighted by Gasteiger charge is -2.08. The van der Waals surface area contributed by atoms with E-state index in [9.17, 15) is 4.57 Å². The number of nitrogens with zero attached hydrogens (tertiary/aromatic N) is 1. The van der Waals surface area contributed by atoms with Gasteiger partial charge in [-0.15, -0.1) is 0 Å². The van der Waals surface area contributed by atoms with Crippen LogP contribution in [0.25, 0.3) is 11.1 Å². The highest BCUT2D eigenvalue weighted by molar-refractivity contribution is 7.46. The van der Waals surface area contributed by atoms with Gasteiger partial charge in [0.2, 0.25) is 0 Å². The van der Waals surface area contributed by atoms with E-state index in [-0.39, 0.29) is 6.61 Å². The first-order valence-corrected chi connectivity index (χ1v) is 9.44. The smallest absolute Gasteiger partial charge is 0.469 e. The van der Waals surface area contributed by atoms with Crippen LogP contribution in [-0.2, 0) is 9.09 Å². The maximum absolute atomic E-state index is 10.5. The molecule has 7 heteroatoms. The van der Waals surface area contributed by atoms with Gasteiger partial charge in [0.25, 0.3) is 0 Å². The molecule has 0 aliphatic rings. The van der Waals surface area contributed by atoms with E-state index in [0.717, 1.165) is 29.7 Å². The second-order valence-electron chi connectivity index (χ2n) is 5.45. The number of benzene rings is 2. The van der Waals surface area contributed by atoms with Crippen LogP contribution in [0, 0.1) is 11.3 Å². The van der Waals surface area contributed by atoms with E-state index >= 15 is 0 Å². The molecule has 2 N–H and O–H groups in total. The Kier molecular flexibility index (Phi) is 7.17. The molecule has 0 radical (unpaired) electrons. The fourth-order valence-corrected chi connectivity index (χ4v) is 2.60.